The van der Waals surface area contributed by atoms with Gasteiger partial charge in [-0.25, -0.2) is 9.78 Å². The van der Waals surface area contributed by atoms with Crippen LogP contribution in [0.2, 0.25) is 0 Å². The van der Waals surface area contributed by atoms with Crippen LogP contribution in [0.25, 0.3) is 0 Å². The summed E-state index contributed by atoms with van der Waals surface area (Å²) in [6.07, 6.45) is 4.44. The van der Waals surface area contributed by atoms with E-state index in [9.17, 15) is 9.59 Å². The summed E-state index contributed by atoms with van der Waals surface area (Å²) >= 11 is 0. The van der Waals surface area contributed by atoms with Crippen molar-refractivity contribution >= 4 is 12.0 Å². The Morgan fingerprint density at radius 3 is 2.62 bits per heavy atom. The average Bonchev–Trinajstić information content (AvgIpc) is 2.86. The van der Waals surface area contributed by atoms with Gasteiger partial charge in [-0.15, -0.1) is 0 Å². The first-order valence-electron chi connectivity index (χ1n) is 6.99. The second kappa shape index (κ2) is 7.66. The van der Waals surface area contributed by atoms with Crippen molar-refractivity contribution in [2.75, 3.05) is 13.1 Å². The van der Waals surface area contributed by atoms with E-state index in [2.05, 4.69) is 20.6 Å². The van der Waals surface area contributed by atoms with Gasteiger partial charge in [-0.2, -0.15) is 0 Å². The summed E-state index contributed by atoms with van der Waals surface area (Å²) in [6, 6.07) is -0.352. The fourth-order valence-electron chi connectivity index (χ4n) is 2.00. The molecule has 0 aliphatic rings. The van der Waals surface area contributed by atoms with E-state index < -0.39 is 11.9 Å². The molecule has 0 saturated heterocycles. The van der Waals surface area contributed by atoms with E-state index in [4.69, 9.17) is 5.11 Å². The average molecular weight is 296 g/mol. The van der Waals surface area contributed by atoms with Crippen LogP contribution in [0.1, 0.15) is 32.9 Å². The monoisotopic (exact) mass is 296 g/mol. The molecule has 0 aliphatic heterocycles. The number of urea groups is 1. The molecule has 0 spiro atoms. The molecule has 1 unspecified atom stereocenters. The number of aromatic amines is 1. The standard InChI is InChI=1S/C14H24N4O3/c1-14(2,3)6-10(12(19)20)7-17-13(21)16-5-4-11-8-15-9-18-11/h8-10H,4-7H2,1-3H3,(H,15,18)(H,19,20)(H2,16,17,21). The molecule has 2 amide bonds. The highest BCUT2D eigenvalue weighted by Gasteiger charge is 2.24. The van der Waals surface area contributed by atoms with E-state index in [1.807, 2.05) is 20.8 Å². The van der Waals surface area contributed by atoms with Gasteiger partial charge in [-0.05, 0) is 11.8 Å². The van der Waals surface area contributed by atoms with E-state index in [-0.39, 0.29) is 18.0 Å². The molecule has 21 heavy (non-hydrogen) atoms. The Labute approximate surface area is 124 Å². The Morgan fingerprint density at radius 2 is 2.10 bits per heavy atom. The van der Waals surface area contributed by atoms with Crippen molar-refractivity contribution in [1.82, 2.24) is 20.6 Å². The maximum atomic E-state index is 11.6. The summed E-state index contributed by atoms with van der Waals surface area (Å²) in [5.74, 6) is -1.47. The predicted molar refractivity (Wildman–Crippen MR) is 78.9 cm³/mol. The lowest BCUT2D eigenvalue weighted by Gasteiger charge is -2.23. The van der Waals surface area contributed by atoms with Crippen molar-refractivity contribution in [3.05, 3.63) is 18.2 Å². The predicted octanol–water partition coefficient (Wildman–Crippen LogP) is 1.39. The van der Waals surface area contributed by atoms with Crippen molar-refractivity contribution in [3.8, 4) is 0 Å². The zero-order chi connectivity index (χ0) is 15.9. The highest BCUT2D eigenvalue weighted by molar-refractivity contribution is 5.75. The Balaban J connectivity index is 2.27. The number of carbonyl (C=O) groups is 2. The molecule has 0 aliphatic carbocycles. The van der Waals surface area contributed by atoms with Crippen LogP contribution < -0.4 is 10.6 Å². The third kappa shape index (κ3) is 7.34. The van der Waals surface area contributed by atoms with E-state index in [0.29, 0.717) is 19.4 Å². The first-order valence-corrected chi connectivity index (χ1v) is 6.99. The minimum atomic E-state index is -0.886. The van der Waals surface area contributed by atoms with Gasteiger partial charge in [-0.1, -0.05) is 20.8 Å². The van der Waals surface area contributed by atoms with Gasteiger partial charge in [-0.3, -0.25) is 4.79 Å². The highest BCUT2D eigenvalue weighted by Crippen LogP contribution is 2.24. The van der Waals surface area contributed by atoms with Gasteiger partial charge in [0.2, 0.25) is 0 Å². The lowest BCUT2D eigenvalue weighted by Crippen LogP contribution is -2.41. The fraction of sp³-hybridized carbons (Fsp3) is 0.643. The lowest BCUT2D eigenvalue weighted by atomic mass is 9.84. The number of imidazole rings is 1. The van der Waals surface area contributed by atoms with Crippen LogP contribution in [-0.2, 0) is 11.2 Å². The summed E-state index contributed by atoms with van der Waals surface area (Å²) in [5.41, 5.74) is 0.841. The maximum absolute atomic E-state index is 11.6. The Kier molecular flexibility index (Phi) is 6.20. The van der Waals surface area contributed by atoms with E-state index in [0.717, 1.165) is 5.69 Å². The number of H-pyrrole nitrogens is 1. The van der Waals surface area contributed by atoms with Gasteiger partial charge in [0.15, 0.2) is 0 Å². The Hall–Kier alpha value is -2.05. The normalized spacial score (nSPS) is 12.7. The third-order valence-electron chi connectivity index (χ3n) is 2.95. The summed E-state index contributed by atoms with van der Waals surface area (Å²) in [7, 11) is 0. The molecule has 118 valence electrons. The number of hydrogen-bond acceptors (Lipinski definition) is 3. The molecule has 0 saturated carbocycles. The van der Waals surface area contributed by atoms with E-state index in [1.54, 1.807) is 12.5 Å². The second-order valence-corrected chi connectivity index (χ2v) is 6.26. The molecule has 0 aromatic carbocycles. The summed E-state index contributed by atoms with van der Waals surface area (Å²) in [6.45, 7) is 6.53. The molecular formula is C14H24N4O3. The van der Waals surface area contributed by atoms with Gasteiger partial charge < -0.3 is 20.7 Å². The summed E-state index contributed by atoms with van der Waals surface area (Å²) < 4.78 is 0. The first-order chi connectivity index (χ1) is 9.78. The van der Waals surface area contributed by atoms with Crippen LogP contribution in [0.3, 0.4) is 0 Å². The smallest absolute Gasteiger partial charge is 0.314 e. The number of carboxylic acids is 1. The summed E-state index contributed by atoms with van der Waals surface area (Å²) in [5, 5.41) is 14.5. The zero-order valence-corrected chi connectivity index (χ0v) is 12.8. The van der Waals surface area contributed by atoms with Crippen molar-refractivity contribution in [2.24, 2.45) is 11.3 Å². The zero-order valence-electron chi connectivity index (χ0n) is 12.8. The lowest BCUT2D eigenvalue weighted by molar-refractivity contribution is -0.142. The summed E-state index contributed by atoms with van der Waals surface area (Å²) in [4.78, 5) is 29.6. The largest absolute Gasteiger partial charge is 0.481 e. The molecule has 1 aromatic heterocycles. The molecule has 4 N–H and O–H groups in total. The minimum absolute atomic E-state index is 0.0954. The van der Waals surface area contributed by atoms with Crippen molar-refractivity contribution in [3.63, 3.8) is 0 Å². The number of aromatic nitrogens is 2. The van der Waals surface area contributed by atoms with Gasteiger partial charge in [0.05, 0.1) is 12.2 Å². The van der Waals surface area contributed by atoms with Crippen molar-refractivity contribution < 1.29 is 14.7 Å². The van der Waals surface area contributed by atoms with Crippen LogP contribution in [0.5, 0.6) is 0 Å². The highest BCUT2D eigenvalue weighted by atomic mass is 16.4. The molecule has 1 rings (SSSR count). The quantitative estimate of drug-likeness (QED) is 0.610. The van der Waals surface area contributed by atoms with E-state index in [1.165, 1.54) is 0 Å². The maximum Gasteiger partial charge on any atom is 0.314 e. The Bertz CT molecular complexity index is 451. The molecular weight excluding hydrogens is 272 g/mol. The van der Waals surface area contributed by atoms with E-state index >= 15 is 0 Å². The molecule has 1 atom stereocenters. The third-order valence-corrected chi connectivity index (χ3v) is 2.95. The van der Waals surface area contributed by atoms with Crippen molar-refractivity contribution in [1.29, 1.82) is 0 Å². The molecule has 1 heterocycles. The van der Waals surface area contributed by atoms with Crippen LogP contribution in [-0.4, -0.2) is 40.2 Å². The number of amides is 2. The number of aliphatic carboxylic acids is 1. The number of hydrogen-bond donors (Lipinski definition) is 4. The fourth-order valence-corrected chi connectivity index (χ4v) is 2.00. The molecule has 7 nitrogen and oxygen atoms in total. The minimum Gasteiger partial charge on any atom is -0.481 e. The second-order valence-electron chi connectivity index (χ2n) is 6.26. The van der Waals surface area contributed by atoms with Crippen LogP contribution in [0.4, 0.5) is 4.79 Å². The first kappa shape index (κ1) is 17.0. The molecule has 0 bridgehead atoms. The molecule has 0 fully saturated rings. The topological polar surface area (TPSA) is 107 Å². The number of nitrogens with zero attached hydrogens (tertiary/aromatic N) is 1. The number of carboxylic acid groups (broad SMARTS) is 1. The van der Waals surface area contributed by atoms with Crippen molar-refractivity contribution in [2.45, 2.75) is 33.6 Å². The van der Waals surface area contributed by atoms with Crippen LogP contribution in [0.15, 0.2) is 12.5 Å². The van der Waals surface area contributed by atoms with Gasteiger partial charge in [0.1, 0.15) is 0 Å². The van der Waals surface area contributed by atoms with Gasteiger partial charge in [0.25, 0.3) is 0 Å². The molecule has 0 radical (unpaired) electrons. The molecule has 1 aromatic rings. The van der Waals surface area contributed by atoms with Crippen LogP contribution >= 0.6 is 0 Å². The number of carbonyl (C=O) groups excluding carboxylic acids is 1. The SMILES string of the molecule is CC(C)(C)CC(CNC(=O)NCCc1cnc[nH]1)C(=O)O. The Morgan fingerprint density at radius 1 is 1.38 bits per heavy atom. The van der Waals surface area contributed by atoms with Gasteiger partial charge in [0, 0.05) is 31.4 Å². The number of rotatable bonds is 7. The molecule has 7 heteroatoms. The number of nitrogens with one attached hydrogen (secondary N) is 3. The van der Waals surface area contributed by atoms with Gasteiger partial charge >= 0.3 is 12.0 Å². The van der Waals surface area contributed by atoms with Crippen LogP contribution in [0, 0.1) is 11.3 Å².